The predicted octanol–water partition coefficient (Wildman–Crippen LogP) is 1.81. The van der Waals surface area contributed by atoms with Crippen LogP contribution in [0.25, 0.3) is 10.9 Å². The van der Waals surface area contributed by atoms with Crippen molar-refractivity contribution in [1.29, 1.82) is 0 Å². The lowest BCUT2D eigenvalue weighted by Gasteiger charge is -1.92. The summed E-state index contributed by atoms with van der Waals surface area (Å²) in [5.41, 5.74) is -0.0613. The molecule has 1 amide bonds. The smallest absolute Gasteiger partial charge is 0.267 e. The van der Waals surface area contributed by atoms with Crippen LogP contribution in [0, 0.1) is 11.6 Å². The molecule has 1 aromatic carbocycles. The fourth-order valence-corrected chi connectivity index (χ4v) is 1.35. The van der Waals surface area contributed by atoms with Crippen molar-refractivity contribution in [3.05, 3.63) is 35.5 Å². The standard InChI is InChI=1S/C10H8F2N2O/c1-13-10(15)9-4-6-7(12)2-5(11)3-8(6)14-9/h2-4,14H,1H3,(H,13,15)/i1D3. The van der Waals surface area contributed by atoms with Gasteiger partial charge in [0.2, 0.25) is 0 Å². The maximum Gasteiger partial charge on any atom is 0.267 e. The fourth-order valence-electron chi connectivity index (χ4n) is 1.35. The molecule has 3 nitrogen and oxygen atoms in total. The summed E-state index contributed by atoms with van der Waals surface area (Å²) in [5, 5.41) is 1.76. The van der Waals surface area contributed by atoms with Gasteiger partial charge < -0.3 is 10.3 Å². The van der Waals surface area contributed by atoms with E-state index in [4.69, 9.17) is 4.11 Å². The number of carbonyl (C=O) groups excluding carboxylic acids is 1. The first-order valence-electron chi connectivity index (χ1n) is 5.56. The average Bonchev–Trinajstić information content (AvgIpc) is 2.58. The summed E-state index contributed by atoms with van der Waals surface area (Å²) in [6.45, 7) is -2.64. The number of amides is 1. The fraction of sp³-hybridized carbons (Fsp3) is 0.100. The van der Waals surface area contributed by atoms with Crippen molar-refractivity contribution in [2.45, 2.75) is 0 Å². The van der Waals surface area contributed by atoms with Crippen molar-refractivity contribution in [1.82, 2.24) is 10.3 Å². The van der Waals surface area contributed by atoms with Crippen molar-refractivity contribution < 1.29 is 17.7 Å². The van der Waals surface area contributed by atoms with Gasteiger partial charge in [-0.15, -0.1) is 0 Å². The number of halogens is 2. The van der Waals surface area contributed by atoms with Crippen LogP contribution >= 0.6 is 0 Å². The van der Waals surface area contributed by atoms with Crippen LogP contribution in [-0.4, -0.2) is 17.9 Å². The van der Waals surface area contributed by atoms with E-state index in [1.807, 2.05) is 0 Å². The number of H-pyrrole nitrogens is 1. The summed E-state index contributed by atoms with van der Waals surface area (Å²) >= 11 is 0. The van der Waals surface area contributed by atoms with Crippen molar-refractivity contribution in [2.24, 2.45) is 0 Å². The van der Waals surface area contributed by atoms with Gasteiger partial charge in [0.25, 0.3) is 5.91 Å². The SMILES string of the molecule is [2H]C([2H])([2H])NC(=O)c1cc2c(F)cc(F)cc2[nH]1. The summed E-state index contributed by atoms with van der Waals surface area (Å²) in [5.74, 6) is -2.52. The Labute approximate surface area is 88.3 Å². The van der Waals surface area contributed by atoms with Crippen LogP contribution < -0.4 is 5.32 Å². The molecule has 0 bridgehead atoms. The van der Waals surface area contributed by atoms with E-state index >= 15 is 0 Å². The first-order chi connectivity index (χ1) is 8.26. The lowest BCUT2D eigenvalue weighted by Crippen LogP contribution is -2.17. The molecule has 1 aromatic heterocycles. The van der Waals surface area contributed by atoms with Gasteiger partial charge in [0.15, 0.2) is 0 Å². The van der Waals surface area contributed by atoms with Gasteiger partial charge in [0.05, 0.1) is 5.52 Å². The second-order valence-electron chi connectivity index (χ2n) is 2.99. The van der Waals surface area contributed by atoms with Crippen LogP contribution in [0.5, 0.6) is 0 Å². The summed E-state index contributed by atoms with van der Waals surface area (Å²) in [4.78, 5) is 14.0. The Morgan fingerprint density at radius 1 is 1.47 bits per heavy atom. The molecule has 2 aromatic rings. The van der Waals surface area contributed by atoms with Crippen molar-refractivity contribution in [3.63, 3.8) is 0 Å². The zero-order valence-corrected chi connectivity index (χ0v) is 7.40. The van der Waals surface area contributed by atoms with E-state index < -0.39 is 24.5 Å². The van der Waals surface area contributed by atoms with Gasteiger partial charge in [0.1, 0.15) is 17.3 Å². The second kappa shape index (κ2) is 3.34. The molecule has 5 heteroatoms. The van der Waals surface area contributed by atoms with E-state index in [0.717, 1.165) is 12.1 Å². The highest BCUT2D eigenvalue weighted by Crippen LogP contribution is 2.20. The molecule has 15 heavy (non-hydrogen) atoms. The van der Waals surface area contributed by atoms with E-state index in [0.29, 0.717) is 6.07 Å². The number of nitrogens with one attached hydrogen (secondary N) is 2. The largest absolute Gasteiger partial charge is 0.354 e. The maximum absolute atomic E-state index is 13.4. The quantitative estimate of drug-likeness (QED) is 0.745. The normalized spacial score (nSPS) is 14.4. The van der Waals surface area contributed by atoms with Crippen LogP contribution in [0.3, 0.4) is 0 Å². The van der Waals surface area contributed by atoms with E-state index in [9.17, 15) is 13.6 Å². The predicted molar refractivity (Wildman–Crippen MR) is 51.6 cm³/mol. The Morgan fingerprint density at radius 2 is 2.27 bits per heavy atom. The summed E-state index contributed by atoms with van der Waals surface area (Å²) in [6.07, 6.45) is 0. The number of aromatic amines is 1. The first-order valence-corrected chi connectivity index (χ1v) is 4.06. The highest BCUT2D eigenvalue weighted by Gasteiger charge is 2.11. The minimum atomic E-state index is -2.64. The molecule has 0 radical (unpaired) electrons. The molecule has 0 saturated heterocycles. The second-order valence-corrected chi connectivity index (χ2v) is 2.99. The van der Waals surface area contributed by atoms with E-state index in [1.54, 1.807) is 5.32 Å². The molecule has 2 rings (SSSR count). The third kappa shape index (κ3) is 1.56. The molecule has 0 spiro atoms. The van der Waals surface area contributed by atoms with Crippen LogP contribution in [0.1, 0.15) is 14.6 Å². The molecule has 78 valence electrons. The van der Waals surface area contributed by atoms with Crippen LogP contribution in [0.15, 0.2) is 18.2 Å². The molecule has 2 N–H and O–H groups in total. The molecule has 0 aliphatic carbocycles. The number of benzene rings is 1. The Kier molecular flexibility index (Phi) is 1.46. The van der Waals surface area contributed by atoms with E-state index in [-0.39, 0.29) is 16.6 Å². The number of hydrogen-bond donors (Lipinski definition) is 2. The number of aromatic nitrogens is 1. The van der Waals surface area contributed by atoms with Gasteiger partial charge >= 0.3 is 0 Å². The number of rotatable bonds is 1. The minimum Gasteiger partial charge on any atom is -0.354 e. The zero-order chi connectivity index (χ0) is 13.5. The van der Waals surface area contributed by atoms with Gasteiger partial charge in [-0.3, -0.25) is 4.79 Å². The monoisotopic (exact) mass is 213 g/mol. The van der Waals surface area contributed by atoms with Crippen LogP contribution in [0.4, 0.5) is 8.78 Å². The Morgan fingerprint density at radius 3 is 3.00 bits per heavy atom. The zero-order valence-electron chi connectivity index (χ0n) is 10.4. The van der Waals surface area contributed by atoms with Crippen molar-refractivity contribution >= 4 is 16.8 Å². The summed E-state index contributed by atoms with van der Waals surface area (Å²) in [6, 6.07) is 2.83. The highest BCUT2D eigenvalue weighted by atomic mass is 19.1. The molecule has 0 aliphatic rings. The molecule has 0 atom stereocenters. The van der Waals surface area contributed by atoms with Crippen LogP contribution in [-0.2, 0) is 0 Å². The van der Waals surface area contributed by atoms with Gasteiger partial charge in [-0.25, -0.2) is 8.78 Å². The number of carbonyl (C=O) groups is 1. The van der Waals surface area contributed by atoms with Gasteiger partial charge in [0, 0.05) is 22.5 Å². The average molecular weight is 213 g/mol. The Balaban J connectivity index is 2.42. The third-order valence-electron chi connectivity index (χ3n) is 2.01. The summed E-state index contributed by atoms with van der Waals surface area (Å²) in [7, 11) is 0. The Hall–Kier alpha value is -1.91. The van der Waals surface area contributed by atoms with Crippen molar-refractivity contribution in [2.75, 3.05) is 6.98 Å². The topological polar surface area (TPSA) is 44.9 Å². The van der Waals surface area contributed by atoms with Gasteiger partial charge in [-0.1, -0.05) is 0 Å². The van der Waals surface area contributed by atoms with Gasteiger partial charge in [-0.05, 0) is 12.1 Å². The lowest BCUT2D eigenvalue weighted by atomic mass is 10.2. The van der Waals surface area contributed by atoms with Crippen LogP contribution in [0.2, 0.25) is 0 Å². The van der Waals surface area contributed by atoms with E-state index in [2.05, 4.69) is 4.98 Å². The van der Waals surface area contributed by atoms with Gasteiger partial charge in [-0.2, -0.15) is 0 Å². The highest BCUT2D eigenvalue weighted by molar-refractivity contribution is 5.97. The molecule has 0 saturated carbocycles. The number of fused-ring (bicyclic) bond motifs is 1. The molecule has 0 fully saturated rings. The Bertz CT molecular complexity index is 621. The molecular formula is C10H8F2N2O. The molecule has 0 aliphatic heterocycles. The molecular weight excluding hydrogens is 202 g/mol. The van der Waals surface area contributed by atoms with Crippen molar-refractivity contribution in [3.8, 4) is 0 Å². The van der Waals surface area contributed by atoms with E-state index in [1.165, 1.54) is 0 Å². The third-order valence-corrected chi connectivity index (χ3v) is 2.01. The first kappa shape index (κ1) is 6.55. The molecule has 0 unspecified atom stereocenters. The maximum atomic E-state index is 13.4. The summed E-state index contributed by atoms with van der Waals surface area (Å²) < 4.78 is 46.9. The molecule has 1 heterocycles. The lowest BCUT2D eigenvalue weighted by molar-refractivity contribution is 0.0959. The minimum absolute atomic E-state index is 0.0205. The number of hydrogen-bond acceptors (Lipinski definition) is 1.